The molecular weight excluding hydrogens is 487 g/mol. The highest BCUT2D eigenvalue weighted by atomic mass is 35.5. The maximum Gasteiger partial charge on any atom is 0.338 e. The van der Waals surface area contributed by atoms with Gasteiger partial charge in [0, 0.05) is 28.7 Å². The maximum absolute atomic E-state index is 12.6. The number of H-pyrrole nitrogens is 1. The second-order valence-corrected chi connectivity index (χ2v) is 8.28. The van der Waals surface area contributed by atoms with Gasteiger partial charge in [-0.05, 0) is 48.5 Å². The van der Waals surface area contributed by atoms with Crippen molar-refractivity contribution in [1.29, 1.82) is 0 Å². The Kier molecular flexibility index (Phi) is 7.16. The number of hydrogen-bond donors (Lipinski definition) is 1. The van der Waals surface area contributed by atoms with Crippen LogP contribution in [0.25, 0.3) is 0 Å². The number of halogens is 2. The summed E-state index contributed by atoms with van der Waals surface area (Å²) in [5.74, 6) is -1.30. The third-order valence-electron chi connectivity index (χ3n) is 5.15. The quantitative estimate of drug-likeness (QED) is 0.512. The van der Waals surface area contributed by atoms with Crippen molar-refractivity contribution in [2.45, 2.75) is 24.9 Å². The van der Waals surface area contributed by atoms with Gasteiger partial charge < -0.3 is 19.2 Å². The van der Waals surface area contributed by atoms with Crippen LogP contribution in [0.1, 0.15) is 33.4 Å². The highest BCUT2D eigenvalue weighted by Gasteiger charge is 2.41. The molecule has 3 atom stereocenters. The number of carbonyl (C=O) groups excluding carboxylic acids is 2. The van der Waals surface area contributed by atoms with Crippen molar-refractivity contribution in [3.63, 3.8) is 0 Å². The van der Waals surface area contributed by atoms with Gasteiger partial charge in [0.1, 0.15) is 25.0 Å². The predicted molar refractivity (Wildman–Crippen MR) is 122 cm³/mol. The summed E-state index contributed by atoms with van der Waals surface area (Å²) in [6.45, 7) is -0.282. The number of nitrogens with zero attached hydrogens (tertiary/aromatic N) is 1. The molecular formula is C23H18Cl2N2O7. The van der Waals surface area contributed by atoms with Crippen LogP contribution in [0.5, 0.6) is 0 Å². The molecule has 0 spiro atoms. The molecule has 3 aromatic rings. The van der Waals surface area contributed by atoms with Crippen molar-refractivity contribution in [2.75, 3.05) is 6.61 Å². The molecule has 0 radical (unpaired) electrons. The van der Waals surface area contributed by atoms with Crippen LogP contribution in [0.3, 0.4) is 0 Å². The lowest BCUT2D eigenvalue weighted by Crippen LogP contribution is -2.37. The summed E-state index contributed by atoms with van der Waals surface area (Å²) in [7, 11) is 0. The minimum Gasteiger partial charge on any atom is -0.459 e. The van der Waals surface area contributed by atoms with Crippen molar-refractivity contribution in [2.24, 2.45) is 0 Å². The molecule has 1 aliphatic rings. The number of carbonyl (C=O) groups is 2. The van der Waals surface area contributed by atoms with Gasteiger partial charge >= 0.3 is 17.6 Å². The zero-order valence-electron chi connectivity index (χ0n) is 17.5. The Morgan fingerprint density at radius 3 is 2.12 bits per heavy atom. The molecule has 9 nitrogen and oxygen atoms in total. The van der Waals surface area contributed by atoms with E-state index in [-0.39, 0.29) is 24.2 Å². The van der Waals surface area contributed by atoms with Crippen LogP contribution in [0, 0.1) is 0 Å². The minimum absolute atomic E-state index is 0.00447. The lowest BCUT2D eigenvalue weighted by atomic mass is 10.1. The first-order chi connectivity index (χ1) is 16.3. The summed E-state index contributed by atoms with van der Waals surface area (Å²) in [6, 6.07) is 13.4. The molecule has 2 unspecified atom stereocenters. The van der Waals surface area contributed by atoms with Gasteiger partial charge in [0.25, 0.3) is 5.56 Å². The molecule has 4 rings (SSSR count). The second-order valence-electron chi connectivity index (χ2n) is 7.41. The highest BCUT2D eigenvalue weighted by Crippen LogP contribution is 2.30. The largest absolute Gasteiger partial charge is 0.459 e. The average molecular weight is 505 g/mol. The predicted octanol–water partition coefficient (Wildman–Crippen LogP) is 3.21. The standard InChI is InChI=1S/C23H18Cl2N2O7/c24-15-5-1-13(2-6-15)21(29)32-12-18-17(34-22(30)14-3-7-16(25)8-4-14)11-20(33-18)27-19(28)9-10-26-23(27)31/h1-10,17-18,20H,11-12H2,(H,26,31)/t17-,18?,20?/m1/s1. The SMILES string of the molecule is O=C(OCC1OC(n2c(=O)cc[nH]c2=O)C[C@H]1OC(=O)c1ccc(Cl)cc1)c1ccc(Cl)cc1. The number of aromatic nitrogens is 2. The number of aromatic amines is 1. The van der Waals surface area contributed by atoms with E-state index in [9.17, 15) is 19.2 Å². The van der Waals surface area contributed by atoms with Crippen molar-refractivity contribution >= 4 is 35.1 Å². The van der Waals surface area contributed by atoms with Crippen LogP contribution in [0.4, 0.5) is 0 Å². The Hall–Kier alpha value is -3.40. The van der Waals surface area contributed by atoms with E-state index in [1.54, 1.807) is 24.3 Å². The van der Waals surface area contributed by atoms with Crippen LogP contribution >= 0.6 is 23.2 Å². The molecule has 0 amide bonds. The molecule has 1 fully saturated rings. The Morgan fingerprint density at radius 2 is 1.53 bits per heavy atom. The first-order valence-corrected chi connectivity index (χ1v) is 10.9. The first-order valence-electron chi connectivity index (χ1n) is 10.2. The molecule has 1 aromatic heterocycles. The number of hydrogen-bond acceptors (Lipinski definition) is 7. The number of rotatable bonds is 6. The molecule has 1 saturated heterocycles. The topological polar surface area (TPSA) is 117 Å². The van der Waals surface area contributed by atoms with Crippen molar-refractivity contribution in [1.82, 2.24) is 9.55 Å². The summed E-state index contributed by atoms with van der Waals surface area (Å²) in [5.41, 5.74) is -0.752. The van der Waals surface area contributed by atoms with Crippen LogP contribution < -0.4 is 11.2 Å². The zero-order chi connectivity index (χ0) is 24.2. The number of benzene rings is 2. The molecule has 2 aromatic carbocycles. The minimum atomic E-state index is -1.03. The van der Waals surface area contributed by atoms with Gasteiger partial charge in [-0.2, -0.15) is 0 Å². The van der Waals surface area contributed by atoms with Gasteiger partial charge in [0.2, 0.25) is 0 Å². The first kappa shape index (κ1) is 23.7. The van der Waals surface area contributed by atoms with Crippen LogP contribution in [-0.2, 0) is 14.2 Å². The van der Waals surface area contributed by atoms with Gasteiger partial charge in [-0.3, -0.25) is 4.79 Å². The monoisotopic (exact) mass is 504 g/mol. The molecule has 1 N–H and O–H groups in total. The number of ether oxygens (including phenoxy) is 3. The Morgan fingerprint density at radius 1 is 0.941 bits per heavy atom. The smallest absolute Gasteiger partial charge is 0.338 e. The summed E-state index contributed by atoms with van der Waals surface area (Å²) in [4.78, 5) is 51.9. The average Bonchev–Trinajstić information content (AvgIpc) is 3.20. The third kappa shape index (κ3) is 5.39. The van der Waals surface area contributed by atoms with E-state index < -0.39 is 41.6 Å². The number of esters is 2. The molecule has 0 saturated carbocycles. The van der Waals surface area contributed by atoms with E-state index in [1.807, 2.05) is 0 Å². The fourth-order valence-electron chi connectivity index (χ4n) is 3.46. The second kappa shape index (κ2) is 10.3. The van der Waals surface area contributed by atoms with Crippen LogP contribution in [-0.4, -0.2) is 40.3 Å². The maximum atomic E-state index is 12.6. The van der Waals surface area contributed by atoms with Gasteiger partial charge in [0.05, 0.1) is 11.1 Å². The van der Waals surface area contributed by atoms with Crippen molar-refractivity contribution in [3.05, 3.63) is 103 Å². The van der Waals surface area contributed by atoms with Gasteiger partial charge in [-0.1, -0.05) is 23.2 Å². The van der Waals surface area contributed by atoms with Crippen LogP contribution in [0.2, 0.25) is 10.0 Å². The van der Waals surface area contributed by atoms with Gasteiger partial charge in [-0.25, -0.2) is 19.0 Å². The van der Waals surface area contributed by atoms with E-state index in [1.165, 1.54) is 36.5 Å². The van der Waals surface area contributed by atoms with Gasteiger partial charge in [0.15, 0.2) is 0 Å². The molecule has 2 heterocycles. The molecule has 0 aliphatic carbocycles. The highest BCUT2D eigenvalue weighted by molar-refractivity contribution is 6.31. The Labute approximate surface area is 202 Å². The normalized spacial score (nSPS) is 19.5. The molecule has 0 bridgehead atoms. The fraction of sp³-hybridized carbons (Fsp3) is 0.217. The zero-order valence-corrected chi connectivity index (χ0v) is 19.0. The van der Waals surface area contributed by atoms with E-state index >= 15 is 0 Å². The summed E-state index contributed by atoms with van der Waals surface area (Å²) < 4.78 is 17.6. The lowest BCUT2D eigenvalue weighted by molar-refractivity contribution is -0.0589. The third-order valence-corrected chi connectivity index (χ3v) is 5.66. The Balaban J connectivity index is 1.52. The molecule has 34 heavy (non-hydrogen) atoms. The summed E-state index contributed by atoms with van der Waals surface area (Å²) in [6.07, 6.45) is -1.64. The van der Waals surface area contributed by atoms with E-state index in [2.05, 4.69) is 4.98 Å². The summed E-state index contributed by atoms with van der Waals surface area (Å²) >= 11 is 11.7. The lowest BCUT2D eigenvalue weighted by Gasteiger charge is -2.19. The van der Waals surface area contributed by atoms with Crippen LogP contribution in [0.15, 0.2) is 70.4 Å². The van der Waals surface area contributed by atoms with E-state index in [4.69, 9.17) is 37.4 Å². The molecule has 176 valence electrons. The van der Waals surface area contributed by atoms with Gasteiger partial charge in [-0.15, -0.1) is 0 Å². The molecule has 11 heteroatoms. The summed E-state index contributed by atoms with van der Waals surface area (Å²) in [5, 5.41) is 0.918. The fourth-order valence-corrected chi connectivity index (χ4v) is 3.71. The van der Waals surface area contributed by atoms with Crippen molar-refractivity contribution < 1.29 is 23.8 Å². The molecule has 1 aliphatic heterocycles. The van der Waals surface area contributed by atoms with Crippen molar-refractivity contribution in [3.8, 4) is 0 Å². The van der Waals surface area contributed by atoms with E-state index in [0.29, 0.717) is 10.0 Å². The Bertz CT molecular complexity index is 1270. The number of nitrogens with one attached hydrogen (secondary N) is 1. The van der Waals surface area contributed by atoms with E-state index in [0.717, 1.165) is 4.57 Å².